The standard InChI is InChI=1S/C10H18O4/c1-7(2)9(3,8(11)13-4)10(12)5-14-6-10/h7,12H,5-6H2,1-4H3. The van der Waals surface area contributed by atoms with Crippen molar-refractivity contribution in [2.24, 2.45) is 11.3 Å². The van der Waals surface area contributed by atoms with E-state index in [1.54, 1.807) is 6.92 Å². The minimum Gasteiger partial charge on any atom is -0.469 e. The lowest BCUT2D eigenvalue weighted by Gasteiger charge is -2.50. The molecule has 1 unspecified atom stereocenters. The fourth-order valence-electron chi connectivity index (χ4n) is 1.77. The van der Waals surface area contributed by atoms with Gasteiger partial charge < -0.3 is 14.6 Å². The molecule has 1 atom stereocenters. The Morgan fingerprint density at radius 2 is 2.07 bits per heavy atom. The summed E-state index contributed by atoms with van der Waals surface area (Å²) in [6.45, 7) is 5.93. The molecular formula is C10H18O4. The Hall–Kier alpha value is -0.610. The fraction of sp³-hybridized carbons (Fsp3) is 0.900. The molecule has 0 aromatic carbocycles. The molecule has 0 radical (unpaired) electrons. The zero-order chi connectivity index (χ0) is 11.0. The minimum atomic E-state index is -1.08. The van der Waals surface area contributed by atoms with E-state index in [9.17, 15) is 9.90 Å². The van der Waals surface area contributed by atoms with Crippen LogP contribution >= 0.6 is 0 Å². The molecule has 0 spiro atoms. The molecule has 0 amide bonds. The number of rotatable bonds is 3. The lowest BCUT2D eigenvalue weighted by Crippen LogP contribution is -2.65. The van der Waals surface area contributed by atoms with Crippen LogP contribution in [0.2, 0.25) is 0 Å². The molecule has 4 nitrogen and oxygen atoms in total. The second-order valence-corrected chi connectivity index (χ2v) is 4.37. The lowest BCUT2D eigenvalue weighted by atomic mass is 9.65. The van der Waals surface area contributed by atoms with Crippen molar-refractivity contribution in [3.8, 4) is 0 Å². The molecule has 4 heteroatoms. The van der Waals surface area contributed by atoms with E-state index in [1.165, 1.54) is 7.11 Å². The number of aliphatic hydroxyl groups is 1. The molecular weight excluding hydrogens is 184 g/mol. The summed E-state index contributed by atoms with van der Waals surface area (Å²) in [6.07, 6.45) is 0. The molecule has 82 valence electrons. The van der Waals surface area contributed by atoms with Crippen LogP contribution in [0.1, 0.15) is 20.8 Å². The monoisotopic (exact) mass is 202 g/mol. The van der Waals surface area contributed by atoms with Crippen LogP contribution in [0.25, 0.3) is 0 Å². The van der Waals surface area contributed by atoms with Crippen molar-refractivity contribution < 1.29 is 19.4 Å². The maximum Gasteiger partial charge on any atom is 0.314 e. The first-order valence-electron chi connectivity index (χ1n) is 4.77. The van der Waals surface area contributed by atoms with Gasteiger partial charge in [-0.1, -0.05) is 13.8 Å². The van der Waals surface area contributed by atoms with Gasteiger partial charge in [0.15, 0.2) is 0 Å². The van der Waals surface area contributed by atoms with Crippen LogP contribution in [-0.2, 0) is 14.3 Å². The van der Waals surface area contributed by atoms with Crippen molar-refractivity contribution in [2.45, 2.75) is 26.4 Å². The number of hydrogen-bond acceptors (Lipinski definition) is 4. The average Bonchev–Trinajstić information content (AvgIpc) is 2.10. The third-order valence-corrected chi connectivity index (χ3v) is 3.41. The number of ether oxygens (including phenoxy) is 2. The van der Waals surface area contributed by atoms with Crippen molar-refractivity contribution >= 4 is 5.97 Å². The average molecular weight is 202 g/mol. The van der Waals surface area contributed by atoms with E-state index in [4.69, 9.17) is 9.47 Å². The van der Waals surface area contributed by atoms with E-state index in [1.807, 2.05) is 13.8 Å². The zero-order valence-corrected chi connectivity index (χ0v) is 9.16. The predicted molar refractivity (Wildman–Crippen MR) is 50.7 cm³/mol. The molecule has 1 saturated heterocycles. The molecule has 1 heterocycles. The smallest absolute Gasteiger partial charge is 0.314 e. The summed E-state index contributed by atoms with van der Waals surface area (Å²) in [6, 6.07) is 0. The van der Waals surface area contributed by atoms with E-state index < -0.39 is 11.0 Å². The van der Waals surface area contributed by atoms with Gasteiger partial charge in [-0.2, -0.15) is 0 Å². The molecule has 1 N–H and O–H groups in total. The number of carbonyl (C=O) groups excluding carboxylic acids is 1. The van der Waals surface area contributed by atoms with Crippen molar-refractivity contribution in [3.63, 3.8) is 0 Å². The number of hydrogen-bond donors (Lipinski definition) is 1. The largest absolute Gasteiger partial charge is 0.469 e. The Bertz CT molecular complexity index is 232. The maximum atomic E-state index is 11.7. The summed E-state index contributed by atoms with van der Waals surface area (Å²) in [5.74, 6) is -0.373. The molecule has 0 bridgehead atoms. The SMILES string of the molecule is COC(=O)C(C)(C(C)C)C1(O)COC1. The topological polar surface area (TPSA) is 55.8 Å². The van der Waals surface area contributed by atoms with Gasteiger partial charge in [-0.15, -0.1) is 0 Å². The van der Waals surface area contributed by atoms with E-state index >= 15 is 0 Å². The zero-order valence-electron chi connectivity index (χ0n) is 9.16. The highest BCUT2D eigenvalue weighted by molar-refractivity contribution is 5.78. The van der Waals surface area contributed by atoms with Gasteiger partial charge in [-0.3, -0.25) is 4.79 Å². The van der Waals surface area contributed by atoms with Crippen LogP contribution in [0.15, 0.2) is 0 Å². The second-order valence-electron chi connectivity index (χ2n) is 4.37. The maximum absolute atomic E-state index is 11.7. The van der Waals surface area contributed by atoms with Gasteiger partial charge in [0.1, 0.15) is 11.0 Å². The van der Waals surface area contributed by atoms with Crippen LogP contribution in [0.3, 0.4) is 0 Å². The minimum absolute atomic E-state index is 0.00356. The summed E-state index contributed by atoms with van der Waals surface area (Å²) in [5, 5.41) is 10.2. The van der Waals surface area contributed by atoms with Crippen LogP contribution in [0.5, 0.6) is 0 Å². The highest BCUT2D eigenvalue weighted by Gasteiger charge is 2.59. The summed E-state index contributed by atoms with van der Waals surface area (Å²) < 4.78 is 9.72. The Balaban J connectivity index is 2.98. The molecule has 1 aliphatic rings. The number of esters is 1. The summed E-state index contributed by atoms with van der Waals surface area (Å²) in [5.41, 5.74) is -1.96. The fourth-order valence-corrected chi connectivity index (χ4v) is 1.77. The number of carbonyl (C=O) groups is 1. The quantitative estimate of drug-likeness (QED) is 0.680. The van der Waals surface area contributed by atoms with Gasteiger partial charge >= 0.3 is 5.97 Å². The van der Waals surface area contributed by atoms with Crippen LogP contribution in [0.4, 0.5) is 0 Å². The van der Waals surface area contributed by atoms with E-state index in [0.29, 0.717) is 0 Å². The molecule has 1 aliphatic heterocycles. The van der Waals surface area contributed by atoms with Crippen LogP contribution < -0.4 is 0 Å². The number of methoxy groups -OCH3 is 1. The van der Waals surface area contributed by atoms with Gasteiger partial charge in [0.25, 0.3) is 0 Å². The predicted octanol–water partition coefficient (Wildman–Crippen LogP) is 0.583. The molecule has 0 aliphatic carbocycles. The first-order chi connectivity index (χ1) is 6.38. The molecule has 0 aromatic rings. The summed E-state index contributed by atoms with van der Waals surface area (Å²) in [4.78, 5) is 11.7. The third-order valence-electron chi connectivity index (χ3n) is 3.41. The van der Waals surface area contributed by atoms with Gasteiger partial charge in [0.05, 0.1) is 20.3 Å². The van der Waals surface area contributed by atoms with Gasteiger partial charge in [0.2, 0.25) is 0 Å². The van der Waals surface area contributed by atoms with Gasteiger partial charge in [0, 0.05) is 0 Å². The Morgan fingerprint density at radius 3 is 2.29 bits per heavy atom. The van der Waals surface area contributed by atoms with Gasteiger partial charge in [-0.05, 0) is 12.8 Å². The normalized spacial score (nSPS) is 23.9. The van der Waals surface area contributed by atoms with Gasteiger partial charge in [-0.25, -0.2) is 0 Å². The Kier molecular flexibility index (Phi) is 2.88. The third kappa shape index (κ3) is 1.33. The molecule has 0 saturated carbocycles. The first-order valence-corrected chi connectivity index (χ1v) is 4.77. The van der Waals surface area contributed by atoms with Crippen LogP contribution in [0, 0.1) is 11.3 Å². The van der Waals surface area contributed by atoms with Crippen molar-refractivity contribution in [1.82, 2.24) is 0 Å². The van der Waals surface area contributed by atoms with E-state index in [-0.39, 0.29) is 25.1 Å². The van der Waals surface area contributed by atoms with E-state index in [0.717, 1.165) is 0 Å². The Morgan fingerprint density at radius 1 is 1.57 bits per heavy atom. The highest BCUT2D eigenvalue weighted by Crippen LogP contribution is 2.43. The van der Waals surface area contributed by atoms with Crippen molar-refractivity contribution in [3.05, 3.63) is 0 Å². The molecule has 1 fully saturated rings. The molecule has 0 aromatic heterocycles. The first kappa shape index (κ1) is 11.5. The van der Waals surface area contributed by atoms with Crippen LogP contribution in [-0.4, -0.2) is 37.0 Å². The van der Waals surface area contributed by atoms with Crippen molar-refractivity contribution in [1.29, 1.82) is 0 Å². The highest BCUT2D eigenvalue weighted by atomic mass is 16.6. The second kappa shape index (κ2) is 3.51. The lowest BCUT2D eigenvalue weighted by molar-refractivity contribution is -0.251. The van der Waals surface area contributed by atoms with E-state index in [2.05, 4.69) is 0 Å². The molecule has 1 rings (SSSR count). The Labute approximate surface area is 84.2 Å². The molecule has 14 heavy (non-hydrogen) atoms. The summed E-state index contributed by atoms with van der Waals surface area (Å²) >= 11 is 0. The van der Waals surface area contributed by atoms with Crippen molar-refractivity contribution in [2.75, 3.05) is 20.3 Å². The summed E-state index contributed by atoms with van der Waals surface area (Å²) in [7, 11) is 1.34.